The first kappa shape index (κ1) is 29.8. The third-order valence-electron chi connectivity index (χ3n) is 9.31. The van der Waals surface area contributed by atoms with Crippen molar-refractivity contribution in [3.63, 3.8) is 0 Å². The van der Waals surface area contributed by atoms with E-state index in [0.29, 0.717) is 0 Å². The molecule has 0 saturated carbocycles. The van der Waals surface area contributed by atoms with Crippen molar-refractivity contribution in [2.24, 2.45) is 0 Å². The van der Waals surface area contributed by atoms with E-state index in [1.165, 1.54) is 11.1 Å². The molecule has 5 aromatic carbocycles. The second-order valence-electron chi connectivity index (χ2n) is 13.6. The standard InChI is InChI=1S/C44H36FN3/c1-44(2,3)34-19-23-41-37(26-34)38-27-35(45)20-24-42(38)48(41)36-21-17-29(18-22-36)32-15-10-16-33(25-32)40-28-39(30-11-6-4-7-12-30)46-43(47-40)31-13-8-5-9-14-31/h4-6,8-11,13-28H,7,12H2,1-3H3. The minimum absolute atomic E-state index is 0.00686. The maximum atomic E-state index is 14.5. The van der Waals surface area contributed by atoms with Crippen LogP contribution in [0.5, 0.6) is 0 Å². The molecule has 2 heterocycles. The number of halogens is 1. The van der Waals surface area contributed by atoms with Crippen molar-refractivity contribution in [1.82, 2.24) is 14.5 Å². The third kappa shape index (κ3) is 5.54. The Kier molecular flexibility index (Phi) is 7.37. The van der Waals surface area contributed by atoms with Crippen molar-refractivity contribution in [1.29, 1.82) is 0 Å². The third-order valence-corrected chi connectivity index (χ3v) is 9.31. The molecule has 3 nitrogen and oxygen atoms in total. The van der Waals surface area contributed by atoms with Gasteiger partial charge in [0.1, 0.15) is 5.82 Å². The number of allylic oxidation sites excluding steroid dienone is 4. The summed E-state index contributed by atoms with van der Waals surface area (Å²) >= 11 is 0. The summed E-state index contributed by atoms with van der Waals surface area (Å²) in [5.74, 6) is 0.505. The van der Waals surface area contributed by atoms with Gasteiger partial charge in [-0.2, -0.15) is 0 Å². The highest BCUT2D eigenvalue weighted by Crippen LogP contribution is 2.37. The van der Waals surface area contributed by atoms with Crippen LogP contribution < -0.4 is 0 Å². The van der Waals surface area contributed by atoms with Crippen LogP contribution >= 0.6 is 0 Å². The average Bonchev–Trinajstić information content (AvgIpc) is 3.45. The van der Waals surface area contributed by atoms with E-state index in [-0.39, 0.29) is 11.2 Å². The average molecular weight is 626 g/mol. The second kappa shape index (κ2) is 11.9. The van der Waals surface area contributed by atoms with Crippen LogP contribution in [-0.4, -0.2) is 14.5 Å². The van der Waals surface area contributed by atoms with E-state index in [2.05, 4.69) is 128 Å². The smallest absolute Gasteiger partial charge is 0.160 e. The molecule has 0 aliphatic heterocycles. The van der Waals surface area contributed by atoms with Gasteiger partial charge in [-0.15, -0.1) is 0 Å². The lowest BCUT2D eigenvalue weighted by Gasteiger charge is -2.19. The van der Waals surface area contributed by atoms with Crippen LogP contribution in [0.1, 0.15) is 44.9 Å². The summed E-state index contributed by atoms with van der Waals surface area (Å²) in [6.07, 6.45) is 8.46. The van der Waals surface area contributed by atoms with Gasteiger partial charge in [-0.25, -0.2) is 14.4 Å². The van der Waals surface area contributed by atoms with E-state index in [4.69, 9.17) is 9.97 Å². The predicted octanol–water partition coefficient (Wildman–Crippen LogP) is 11.7. The van der Waals surface area contributed by atoms with Crippen molar-refractivity contribution in [3.8, 4) is 39.5 Å². The molecular weight excluding hydrogens is 590 g/mol. The first-order valence-electron chi connectivity index (χ1n) is 16.6. The van der Waals surface area contributed by atoms with E-state index in [1.54, 1.807) is 12.1 Å². The van der Waals surface area contributed by atoms with Crippen LogP contribution in [0.4, 0.5) is 4.39 Å². The molecule has 0 unspecified atom stereocenters. The van der Waals surface area contributed by atoms with Gasteiger partial charge < -0.3 is 4.57 Å². The van der Waals surface area contributed by atoms with Gasteiger partial charge in [-0.3, -0.25) is 0 Å². The number of hydrogen-bond donors (Lipinski definition) is 0. The second-order valence-corrected chi connectivity index (χ2v) is 13.6. The van der Waals surface area contributed by atoms with Crippen LogP contribution in [0.3, 0.4) is 0 Å². The normalized spacial score (nSPS) is 13.3. The van der Waals surface area contributed by atoms with E-state index in [9.17, 15) is 4.39 Å². The van der Waals surface area contributed by atoms with Crippen LogP contribution in [0.2, 0.25) is 0 Å². The molecule has 0 atom stereocenters. The van der Waals surface area contributed by atoms with Crippen LogP contribution in [-0.2, 0) is 5.41 Å². The molecule has 8 rings (SSSR count). The maximum Gasteiger partial charge on any atom is 0.160 e. The van der Waals surface area contributed by atoms with E-state index >= 15 is 0 Å². The SMILES string of the molecule is CC(C)(C)c1ccc2c(c1)c1cc(F)ccc1n2-c1ccc(-c2cccc(-c3cc(C4=CC=CCC4)nc(-c4ccccc4)n3)c2)cc1. The van der Waals surface area contributed by atoms with Crippen molar-refractivity contribution in [3.05, 3.63) is 157 Å². The number of hydrogen-bond acceptors (Lipinski definition) is 2. The molecule has 0 fully saturated rings. The van der Waals surface area contributed by atoms with E-state index < -0.39 is 0 Å². The summed E-state index contributed by atoms with van der Waals surface area (Å²) in [6.45, 7) is 6.62. The Labute approximate surface area is 280 Å². The molecule has 48 heavy (non-hydrogen) atoms. The van der Waals surface area contributed by atoms with Gasteiger partial charge in [0.25, 0.3) is 0 Å². The Morgan fingerprint density at radius 2 is 1.33 bits per heavy atom. The van der Waals surface area contributed by atoms with Crippen LogP contribution in [0, 0.1) is 5.82 Å². The zero-order valence-corrected chi connectivity index (χ0v) is 27.4. The fourth-order valence-electron chi connectivity index (χ4n) is 6.69. The highest BCUT2D eigenvalue weighted by atomic mass is 19.1. The molecule has 7 aromatic rings. The Balaban J connectivity index is 1.19. The van der Waals surface area contributed by atoms with Crippen molar-refractivity contribution in [2.75, 3.05) is 0 Å². The van der Waals surface area contributed by atoms with Crippen molar-refractivity contribution < 1.29 is 4.39 Å². The van der Waals surface area contributed by atoms with Crippen LogP contribution in [0.25, 0.3) is 66.8 Å². The summed E-state index contributed by atoms with van der Waals surface area (Å²) in [7, 11) is 0. The fourth-order valence-corrected chi connectivity index (χ4v) is 6.69. The largest absolute Gasteiger partial charge is 0.309 e. The Hall–Kier alpha value is -5.61. The number of benzene rings is 5. The molecule has 1 aliphatic carbocycles. The lowest BCUT2D eigenvalue weighted by molar-refractivity contribution is 0.591. The summed E-state index contributed by atoms with van der Waals surface area (Å²) in [5.41, 5.74) is 11.7. The number of fused-ring (bicyclic) bond motifs is 3. The zero-order chi connectivity index (χ0) is 32.8. The Bertz CT molecular complexity index is 2370. The maximum absolute atomic E-state index is 14.5. The van der Waals surface area contributed by atoms with Crippen molar-refractivity contribution >= 4 is 27.4 Å². The van der Waals surface area contributed by atoms with Crippen LogP contribution in [0.15, 0.2) is 140 Å². The Morgan fingerprint density at radius 3 is 2.08 bits per heavy atom. The highest BCUT2D eigenvalue weighted by molar-refractivity contribution is 6.09. The molecule has 4 heteroatoms. The minimum Gasteiger partial charge on any atom is -0.309 e. The van der Waals surface area contributed by atoms with Gasteiger partial charge in [0.05, 0.1) is 22.4 Å². The molecule has 0 amide bonds. The van der Waals surface area contributed by atoms with E-state index in [1.807, 2.05) is 24.3 Å². The summed E-state index contributed by atoms with van der Waals surface area (Å²) < 4.78 is 16.7. The molecule has 0 radical (unpaired) electrons. The van der Waals surface area contributed by atoms with Gasteiger partial charge in [0.2, 0.25) is 0 Å². The summed E-state index contributed by atoms with van der Waals surface area (Å²) in [4.78, 5) is 10.0. The number of rotatable bonds is 5. The fraction of sp³-hybridized carbons (Fsp3) is 0.136. The van der Waals surface area contributed by atoms with Gasteiger partial charge in [-0.05, 0) is 95.1 Å². The van der Waals surface area contributed by atoms with Gasteiger partial charge >= 0.3 is 0 Å². The molecule has 0 saturated heterocycles. The molecular formula is C44H36FN3. The van der Waals surface area contributed by atoms with Gasteiger partial charge in [0, 0.05) is 27.6 Å². The van der Waals surface area contributed by atoms with Crippen molar-refractivity contribution in [2.45, 2.75) is 39.0 Å². The first-order chi connectivity index (χ1) is 23.3. The quantitative estimate of drug-likeness (QED) is 0.191. The molecule has 234 valence electrons. The predicted molar refractivity (Wildman–Crippen MR) is 198 cm³/mol. The zero-order valence-electron chi connectivity index (χ0n) is 27.4. The monoisotopic (exact) mass is 625 g/mol. The lowest BCUT2D eigenvalue weighted by atomic mass is 9.86. The van der Waals surface area contributed by atoms with Gasteiger partial charge in [0.15, 0.2) is 5.82 Å². The number of nitrogens with zero attached hydrogens (tertiary/aromatic N) is 3. The highest BCUT2D eigenvalue weighted by Gasteiger charge is 2.19. The molecule has 0 bridgehead atoms. The molecule has 0 N–H and O–H groups in total. The minimum atomic E-state index is -0.225. The number of aromatic nitrogens is 3. The topological polar surface area (TPSA) is 30.7 Å². The van der Waals surface area contributed by atoms with E-state index in [0.717, 1.165) is 79.8 Å². The van der Waals surface area contributed by atoms with Gasteiger partial charge in [-0.1, -0.05) is 106 Å². The lowest BCUT2D eigenvalue weighted by Crippen LogP contribution is -2.10. The summed E-state index contributed by atoms with van der Waals surface area (Å²) in [6, 6.07) is 41.2. The molecule has 0 spiro atoms. The molecule has 2 aromatic heterocycles. The first-order valence-corrected chi connectivity index (χ1v) is 16.6. The molecule has 1 aliphatic rings. The summed E-state index contributed by atoms with van der Waals surface area (Å²) in [5, 5.41) is 1.99. The Morgan fingerprint density at radius 1 is 0.625 bits per heavy atom.